The number of nitro groups is 1. The second-order valence-electron chi connectivity index (χ2n) is 5.74. The van der Waals surface area contributed by atoms with Crippen molar-refractivity contribution < 1.29 is 18.1 Å². The molecule has 0 N–H and O–H groups in total. The Morgan fingerprint density at radius 3 is 2.52 bits per heavy atom. The van der Waals surface area contributed by atoms with E-state index >= 15 is 0 Å². The Balaban J connectivity index is 2.11. The topological polar surface area (TPSA) is 104 Å². The molecule has 0 unspecified atom stereocenters. The van der Waals surface area contributed by atoms with Crippen LogP contribution >= 0.6 is 0 Å². The van der Waals surface area contributed by atoms with Crippen molar-refractivity contribution in [2.45, 2.75) is 18.7 Å². The summed E-state index contributed by atoms with van der Waals surface area (Å²) in [5.74, 6) is 0.201. The van der Waals surface area contributed by atoms with Gasteiger partial charge in [0.1, 0.15) is 0 Å². The fourth-order valence-corrected chi connectivity index (χ4v) is 3.89. The van der Waals surface area contributed by atoms with Crippen LogP contribution in [0.1, 0.15) is 12.5 Å². The van der Waals surface area contributed by atoms with E-state index in [0.29, 0.717) is 5.56 Å². The highest BCUT2D eigenvalue weighted by Crippen LogP contribution is 2.32. The molecule has 0 aliphatic rings. The Hall–Kier alpha value is -3.20. The van der Waals surface area contributed by atoms with Crippen LogP contribution in [0.3, 0.4) is 0 Å². The highest BCUT2D eigenvalue weighted by molar-refractivity contribution is 7.90. The van der Waals surface area contributed by atoms with Gasteiger partial charge in [-0.1, -0.05) is 17.7 Å². The van der Waals surface area contributed by atoms with Crippen molar-refractivity contribution in [3.63, 3.8) is 0 Å². The minimum Gasteiger partial charge on any atom is -0.487 e. The van der Waals surface area contributed by atoms with Crippen molar-refractivity contribution in [1.29, 1.82) is 0 Å². The van der Waals surface area contributed by atoms with Gasteiger partial charge in [0.15, 0.2) is 11.6 Å². The van der Waals surface area contributed by atoms with Gasteiger partial charge in [-0.05, 0) is 38.1 Å². The predicted octanol–water partition coefficient (Wildman–Crippen LogP) is 3.40. The van der Waals surface area contributed by atoms with Crippen LogP contribution in [-0.2, 0) is 10.0 Å². The molecule has 0 amide bonds. The van der Waals surface area contributed by atoms with Crippen molar-refractivity contribution >= 4 is 15.7 Å². The fourth-order valence-electron chi connectivity index (χ4n) is 2.59. The van der Waals surface area contributed by atoms with E-state index < -0.39 is 14.9 Å². The molecule has 0 bridgehead atoms. The summed E-state index contributed by atoms with van der Waals surface area (Å²) in [6.07, 6.45) is 2.65. The molecular formula is C18H17N3O5S. The van der Waals surface area contributed by atoms with Crippen LogP contribution in [0.4, 0.5) is 5.69 Å². The Bertz CT molecular complexity index is 1090. The van der Waals surface area contributed by atoms with Crippen LogP contribution in [0.2, 0.25) is 0 Å². The van der Waals surface area contributed by atoms with Crippen molar-refractivity contribution in [3.05, 3.63) is 70.5 Å². The zero-order valence-corrected chi connectivity index (χ0v) is 15.5. The number of hydrogen-bond donors (Lipinski definition) is 0. The van der Waals surface area contributed by atoms with Gasteiger partial charge in [0.2, 0.25) is 0 Å². The van der Waals surface area contributed by atoms with E-state index in [1.807, 2.05) is 6.92 Å². The molecule has 0 aliphatic heterocycles. The summed E-state index contributed by atoms with van der Waals surface area (Å²) in [6.45, 7) is 3.85. The van der Waals surface area contributed by atoms with Crippen molar-refractivity contribution in [1.82, 2.24) is 8.96 Å². The van der Waals surface area contributed by atoms with Crippen molar-refractivity contribution in [3.8, 4) is 17.1 Å². The highest BCUT2D eigenvalue weighted by atomic mass is 32.2. The number of nitro benzene ring substituents is 1. The van der Waals surface area contributed by atoms with Gasteiger partial charge in [-0.3, -0.25) is 10.1 Å². The third kappa shape index (κ3) is 3.54. The first-order valence-corrected chi connectivity index (χ1v) is 9.56. The minimum atomic E-state index is -3.89. The van der Waals surface area contributed by atoms with Gasteiger partial charge < -0.3 is 4.74 Å². The minimum absolute atomic E-state index is 0.0849. The fraction of sp³-hybridized carbons (Fsp3) is 0.167. The molecule has 2 aromatic carbocycles. The molecule has 3 aromatic rings. The molecule has 3 rings (SSSR count). The average Bonchev–Trinajstić information content (AvgIpc) is 3.13. The van der Waals surface area contributed by atoms with Gasteiger partial charge in [-0.15, -0.1) is 0 Å². The van der Waals surface area contributed by atoms with E-state index in [-0.39, 0.29) is 28.8 Å². The summed E-state index contributed by atoms with van der Waals surface area (Å²) < 4.78 is 32.2. The van der Waals surface area contributed by atoms with Crippen molar-refractivity contribution in [2.75, 3.05) is 6.61 Å². The third-order valence-corrected chi connectivity index (χ3v) is 5.58. The predicted molar refractivity (Wildman–Crippen MR) is 99.2 cm³/mol. The summed E-state index contributed by atoms with van der Waals surface area (Å²) >= 11 is 0. The molecule has 140 valence electrons. The van der Waals surface area contributed by atoms with Crippen LogP contribution in [0, 0.1) is 17.0 Å². The lowest BCUT2D eigenvalue weighted by molar-refractivity contribution is -0.385. The zero-order valence-electron chi connectivity index (χ0n) is 14.7. The molecule has 9 heteroatoms. The Morgan fingerprint density at radius 1 is 1.19 bits per heavy atom. The number of aromatic nitrogens is 2. The number of rotatable bonds is 6. The van der Waals surface area contributed by atoms with Crippen LogP contribution < -0.4 is 4.74 Å². The van der Waals surface area contributed by atoms with Gasteiger partial charge in [-0.25, -0.2) is 17.4 Å². The monoisotopic (exact) mass is 387 g/mol. The molecule has 1 heterocycles. The largest absolute Gasteiger partial charge is 0.487 e. The number of aryl methyl sites for hydroxylation is 1. The first kappa shape index (κ1) is 18.6. The van der Waals surface area contributed by atoms with Gasteiger partial charge in [-0.2, -0.15) is 0 Å². The molecule has 0 saturated heterocycles. The number of benzene rings is 2. The van der Waals surface area contributed by atoms with Gasteiger partial charge in [0.25, 0.3) is 10.0 Å². The molecule has 0 aliphatic carbocycles. The molecule has 0 saturated carbocycles. The second kappa shape index (κ2) is 7.20. The number of nitrogens with zero attached hydrogens (tertiary/aromatic N) is 3. The smallest absolute Gasteiger partial charge is 0.311 e. The summed E-state index contributed by atoms with van der Waals surface area (Å²) in [5, 5.41) is 11.3. The normalized spacial score (nSPS) is 11.3. The first-order valence-electron chi connectivity index (χ1n) is 8.12. The number of ether oxygens (including phenoxy) is 1. The maximum absolute atomic E-state index is 13.0. The molecular weight excluding hydrogens is 370 g/mol. The van der Waals surface area contributed by atoms with Gasteiger partial charge >= 0.3 is 5.69 Å². The molecule has 0 atom stereocenters. The van der Waals surface area contributed by atoms with E-state index in [1.54, 1.807) is 25.1 Å². The van der Waals surface area contributed by atoms with Crippen molar-refractivity contribution in [2.24, 2.45) is 0 Å². The van der Waals surface area contributed by atoms with Gasteiger partial charge in [0.05, 0.1) is 16.4 Å². The lowest BCUT2D eigenvalue weighted by atomic mass is 10.2. The summed E-state index contributed by atoms with van der Waals surface area (Å²) in [4.78, 5) is 15.0. The second-order valence-corrected chi connectivity index (χ2v) is 7.55. The standard InChI is InChI=1S/C18H17N3O5S/c1-3-26-17-9-6-14(12-16(17)21(22)23)18-19-10-11-20(18)27(24,25)15-7-4-13(2)5-8-15/h4-12H,3H2,1-2H3. The molecule has 27 heavy (non-hydrogen) atoms. The lowest BCUT2D eigenvalue weighted by Gasteiger charge is -2.11. The van der Waals surface area contributed by atoms with Crippen LogP contribution in [0.15, 0.2) is 59.8 Å². The van der Waals surface area contributed by atoms with E-state index in [2.05, 4.69) is 4.98 Å². The lowest BCUT2D eigenvalue weighted by Crippen LogP contribution is -2.13. The summed E-state index contributed by atoms with van der Waals surface area (Å²) in [7, 11) is -3.89. The Labute approximate surface area is 156 Å². The highest BCUT2D eigenvalue weighted by Gasteiger charge is 2.23. The maximum atomic E-state index is 13.0. The Morgan fingerprint density at radius 2 is 1.89 bits per heavy atom. The first-order chi connectivity index (χ1) is 12.8. The molecule has 0 spiro atoms. The third-order valence-electron chi connectivity index (χ3n) is 3.90. The SMILES string of the molecule is CCOc1ccc(-c2nccn2S(=O)(=O)c2ccc(C)cc2)cc1[N+](=O)[O-]. The van der Waals surface area contributed by atoms with E-state index in [4.69, 9.17) is 4.74 Å². The molecule has 0 radical (unpaired) electrons. The van der Waals surface area contributed by atoms with Gasteiger partial charge in [0, 0.05) is 24.0 Å². The quantitative estimate of drug-likeness (QED) is 0.474. The van der Waals surface area contributed by atoms with Crippen LogP contribution in [-0.4, -0.2) is 28.9 Å². The van der Waals surface area contributed by atoms with Crippen LogP contribution in [0.25, 0.3) is 11.4 Å². The number of hydrogen-bond acceptors (Lipinski definition) is 6. The molecule has 8 nitrogen and oxygen atoms in total. The average molecular weight is 387 g/mol. The number of imidazole rings is 1. The summed E-state index contributed by atoms with van der Waals surface area (Å²) in [6, 6.07) is 10.7. The molecule has 0 fully saturated rings. The summed E-state index contributed by atoms with van der Waals surface area (Å²) in [5.41, 5.74) is 0.976. The molecule has 1 aromatic heterocycles. The van der Waals surface area contributed by atoms with E-state index in [9.17, 15) is 18.5 Å². The maximum Gasteiger partial charge on any atom is 0.311 e. The Kier molecular flexibility index (Phi) is 4.95. The van der Waals surface area contributed by atoms with E-state index in [1.165, 1.54) is 36.7 Å². The van der Waals surface area contributed by atoms with Crippen LogP contribution in [0.5, 0.6) is 5.75 Å². The zero-order chi connectivity index (χ0) is 19.6. The van der Waals surface area contributed by atoms with E-state index in [0.717, 1.165) is 9.54 Å².